The van der Waals surface area contributed by atoms with Crippen molar-refractivity contribution in [3.05, 3.63) is 36.0 Å². The Bertz CT molecular complexity index is 1760. The molecule has 0 radical (unpaired) electrons. The normalized spacial score (nSPS) is 16.8. The highest BCUT2D eigenvalue weighted by Crippen LogP contribution is 2.20. The number of aliphatic hydroxyl groups is 1. The van der Waals surface area contributed by atoms with Crippen molar-refractivity contribution in [3.63, 3.8) is 0 Å². The number of carboxylic acid groups (broad SMARTS) is 2. The van der Waals surface area contributed by atoms with Gasteiger partial charge >= 0.3 is 11.9 Å². The molecule has 0 aliphatic carbocycles. The summed E-state index contributed by atoms with van der Waals surface area (Å²) in [4.78, 5) is 106. The van der Waals surface area contributed by atoms with Gasteiger partial charge in [-0.15, -0.1) is 0 Å². The number of carboxylic acids is 2. The Morgan fingerprint density at radius 3 is 1.93 bits per heavy atom. The number of nitrogens with one attached hydrogen (secondary N) is 8. The predicted octanol–water partition coefficient (Wildman–Crippen LogP) is -1.16. The highest BCUT2D eigenvalue weighted by molar-refractivity contribution is 7.98. The zero-order valence-electron chi connectivity index (χ0n) is 32.6. The fourth-order valence-electron chi connectivity index (χ4n) is 6.13. The van der Waals surface area contributed by atoms with Crippen LogP contribution in [0.15, 0.2) is 30.5 Å². The molecule has 320 valence electrons. The lowest BCUT2D eigenvalue weighted by Gasteiger charge is -2.26. The highest BCUT2D eigenvalue weighted by Gasteiger charge is 2.34. The molecule has 1 aromatic carbocycles. The Kier molecular flexibility index (Phi) is 19.8. The molecule has 1 aliphatic heterocycles. The maximum atomic E-state index is 13.7. The first-order valence-corrected chi connectivity index (χ1v) is 21.6. The smallest absolute Gasteiger partial charge is 0.326 e. The van der Waals surface area contributed by atoms with Gasteiger partial charge in [-0.25, -0.2) is 4.79 Å². The van der Waals surface area contributed by atoms with Crippen molar-refractivity contribution < 1.29 is 53.7 Å². The van der Waals surface area contributed by atoms with Crippen LogP contribution in [0.2, 0.25) is 0 Å². The van der Waals surface area contributed by atoms with Gasteiger partial charge in [-0.3, -0.25) is 33.6 Å². The van der Waals surface area contributed by atoms with E-state index in [9.17, 15) is 53.7 Å². The second-order valence-electron chi connectivity index (χ2n) is 13.8. The average molecular weight is 851 g/mol. The molecule has 7 unspecified atom stereocenters. The number of amides is 6. The van der Waals surface area contributed by atoms with Crippen LogP contribution in [0.3, 0.4) is 0 Å². The van der Waals surface area contributed by atoms with Crippen LogP contribution in [0.4, 0.5) is 0 Å². The van der Waals surface area contributed by atoms with E-state index in [2.05, 4.69) is 42.2 Å². The van der Waals surface area contributed by atoms with E-state index >= 15 is 0 Å². The van der Waals surface area contributed by atoms with Crippen LogP contribution in [0, 0.1) is 0 Å². The topological polar surface area (TPSA) is 297 Å². The van der Waals surface area contributed by atoms with Gasteiger partial charge in [-0.05, 0) is 81.2 Å². The van der Waals surface area contributed by atoms with Crippen LogP contribution in [0.1, 0.15) is 51.0 Å². The number of aliphatic hydroxyl groups excluding tert-OH is 1. The molecule has 3 rings (SSSR count). The largest absolute Gasteiger partial charge is 0.481 e. The van der Waals surface area contributed by atoms with Crippen molar-refractivity contribution in [2.75, 3.05) is 37.2 Å². The third-order valence-electron chi connectivity index (χ3n) is 9.43. The van der Waals surface area contributed by atoms with E-state index in [1.165, 1.54) is 30.4 Å². The molecule has 21 heteroatoms. The lowest BCUT2D eigenvalue weighted by atomic mass is 10.0. The first kappa shape index (κ1) is 47.5. The predicted molar refractivity (Wildman–Crippen MR) is 218 cm³/mol. The number of rotatable bonds is 25. The second kappa shape index (κ2) is 24.2. The van der Waals surface area contributed by atoms with Crippen LogP contribution in [0.5, 0.6) is 0 Å². The Morgan fingerprint density at radius 1 is 0.741 bits per heavy atom. The SMILES string of the molecule is CSCCC(NC(=O)C(CCSC)NC(=O)C(C)NC(=O)C(CCC(=O)O)NC(=O)C(CO)NC(=O)C(Cc1c[nH]c2ccccc12)NC(=O)C1CCCN1)C(=O)O. The van der Waals surface area contributed by atoms with Gasteiger partial charge in [-0.1, -0.05) is 18.2 Å². The Morgan fingerprint density at radius 2 is 1.31 bits per heavy atom. The first-order valence-electron chi connectivity index (χ1n) is 18.8. The monoisotopic (exact) mass is 850 g/mol. The minimum Gasteiger partial charge on any atom is -0.481 e. The van der Waals surface area contributed by atoms with Crippen molar-refractivity contribution in [3.8, 4) is 0 Å². The van der Waals surface area contributed by atoms with E-state index in [0.29, 0.717) is 30.0 Å². The zero-order valence-corrected chi connectivity index (χ0v) is 34.3. The fourth-order valence-corrected chi connectivity index (χ4v) is 7.07. The first-order chi connectivity index (χ1) is 27.7. The number of carbonyl (C=O) groups is 8. The van der Waals surface area contributed by atoms with Crippen molar-refractivity contribution >= 4 is 81.8 Å². The van der Waals surface area contributed by atoms with E-state index in [0.717, 1.165) is 17.3 Å². The molecule has 19 nitrogen and oxygen atoms in total. The Hall–Kier alpha value is -4.86. The van der Waals surface area contributed by atoms with Gasteiger partial charge in [0.1, 0.15) is 36.3 Å². The minimum atomic E-state index is -1.64. The molecule has 1 aliphatic rings. The van der Waals surface area contributed by atoms with Gasteiger partial charge in [0.25, 0.3) is 0 Å². The number of fused-ring (bicyclic) bond motifs is 1. The Labute approximate surface area is 344 Å². The lowest BCUT2D eigenvalue weighted by Crippen LogP contribution is -2.60. The molecular weight excluding hydrogens is 797 g/mol. The van der Waals surface area contributed by atoms with E-state index in [1.807, 2.05) is 24.3 Å². The van der Waals surface area contributed by atoms with Crippen molar-refractivity contribution in [1.29, 1.82) is 0 Å². The molecule has 0 bridgehead atoms. The van der Waals surface area contributed by atoms with E-state index in [-0.39, 0.29) is 19.3 Å². The molecule has 11 N–H and O–H groups in total. The van der Waals surface area contributed by atoms with Crippen molar-refractivity contribution in [1.82, 2.24) is 42.2 Å². The molecule has 58 heavy (non-hydrogen) atoms. The molecule has 2 aromatic rings. The number of benzene rings is 1. The molecule has 1 aromatic heterocycles. The van der Waals surface area contributed by atoms with Gasteiger partial charge in [0.2, 0.25) is 35.4 Å². The van der Waals surface area contributed by atoms with Crippen LogP contribution in [-0.2, 0) is 44.8 Å². The number of aromatic amines is 1. The number of aliphatic carboxylic acids is 2. The standard InChI is InChI=1S/C37H54N8O11S2/c1-20(31(49)41-26(12-15-57-2)34(52)43-27(37(55)56)13-16-58-3)40-33(51)25(10-11-30(47)48)42-36(54)29(19-46)45-35(53)28(44-32(50)24-9-6-14-38-24)17-21-18-39-23-8-5-4-7-22(21)23/h4-5,7-8,18,20,24-29,38-39,46H,6,9-17,19H2,1-3H3,(H,40,51)(H,41,49)(H,42,54)(H,43,52)(H,44,50)(H,45,53)(H,47,48)(H,55,56). The summed E-state index contributed by atoms with van der Waals surface area (Å²) in [6.07, 6.45) is 5.92. The molecule has 1 fully saturated rings. The number of carbonyl (C=O) groups excluding carboxylic acids is 6. The van der Waals surface area contributed by atoms with Crippen molar-refractivity contribution in [2.45, 2.75) is 94.2 Å². The van der Waals surface area contributed by atoms with Crippen LogP contribution >= 0.6 is 23.5 Å². The third-order valence-corrected chi connectivity index (χ3v) is 10.7. The number of hydrogen-bond donors (Lipinski definition) is 11. The van der Waals surface area contributed by atoms with Gasteiger partial charge < -0.3 is 57.5 Å². The molecule has 6 amide bonds. The maximum absolute atomic E-state index is 13.7. The fraction of sp³-hybridized carbons (Fsp3) is 0.568. The summed E-state index contributed by atoms with van der Waals surface area (Å²) in [5.74, 6) is -6.40. The molecule has 1 saturated heterocycles. The van der Waals surface area contributed by atoms with Crippen molar-refractivity contribution in [2.24, 2.45) is 0 Å². The molecule has 2 heterocycles. The number of thioether (sulfide) groups is 2. The lowest BCUT2D eigenvalue weighted by molar-refractivity contribution is -0.142. The van der Waals surface area contributed by atoms with Gasteiger partial charge in [0.05, 0.1) is 12.6 Å². The third kappa shape index (κ3) is 14.8. The summed E-state index contributed by atoms with van der Waals surface area (Å²) in [6, 6.07) is -1.19. The van der Waals surface area contributed by atoms with Crippen LogP contribution in [-0.4, -0.2) is 147 Å². The van der Waals surface area contributed by atoms with Gasteiger partial charge in [0, 0.05) is 29.9 Å². The average Bonchev–Trinajstić information content (AvgIpc) is 3.89. The summed E-state index contributed by atoms with van der Waals surface area (Å²) in [5, 5.41) is 47.9. The Balaban J connectivity index is 1.72. The number of hydrogen-bond acceptors (Lipinski definition) is 12. The number of para-hydroxylation sites is 1. The molecular formula is C37H54N8O11S2. The summed E-state index contributed by atoms with van der Waals surface area (Å²) in [5.41, 5.74) is 1.51. The van der Waals surface area contributed by atoms with E-state index in [4.69, 9.17) is 0 Å². The van der Waals surface area contributed by atoms with Gasteiger partial charge in [-0.2, -0.15) is 23.5 Å². The van der Waals surface area contributed by atoms with E-state index in [1.54, 1.807) is 18.7 Å². The zero-order chi connectivity index (χ0) is 42.8. The molecule has 0 spiro atoms. The summed E-state index contributed by atoms with van der Waals surface area (Å²) in [6.45, 7) is 1.00. The second-order valence-corrected chi connectivity index (χ2v) is 15.7. The summed E-state index contributed by atoms with van der Waals surface area (Å²) < 4.78 is 0. The minimum absolute atomic E-state index is 0.0234. The summed E-state index contributed by atoms with van der Waals surface area (Å²) in [7, 11) is 0. The molecule has 7 atom stereocenters. The van der Waals surface area contributed by atoms with Gasteiger partial charge in [0.15, 0.2) is 0 Å². The highest BCUT2D eigenvalue weighted by atomic mass is 32.2. The maximum Gasteiger partial charge on any atom is 0.326 e. The van der Waals surface area contributed by atoms with E-state index < -0.39 is 109 Å². The summed E-state index contributed by atoms with van der Waals surface area (Å²) >= 11 is 2.80. The number of H-pyrrole nitrogens is 1. The molecule has 0 saturated carbocycles. The quantitative estimate of drug-likeness (QED) is 0.0562. The van der Waals surface area contributed by atoms with Crippen LogP contribution in [0.25, 0.3) is 10.9 Å². The number of aromatic nitrogens is 1. The van der Waals surface area contributed by atoms with Crippen LogP contribution < -0.4 is 37.2 Å².